The number of likely N-dealkylation sites (N-methyl/N-ethyl adjacent to an activating group) is 1. The predicted octanol–water partition coefficient (Wildman–Crippen LogP) is 1.44. The Labute approximate surface area is 113 Å². The summed E-state index contributed by atoms with van der Waals surface area (Å²) in [5.41, 5.74) is 7.74. The lowest BCUT2D eigenvalue weighted by molar-refractivity contribution is 0.313. The van der Waals surface area contributed by atoms with Crippen molar-refractivity contribution in [1.29, 1.82) is 5.41 Å². The van der Waals surface area contributed by atoms with Gasteiger partial charge < -0.3 is 15.5 Å². The number of rotatable bonds is 3. The van der Waals surface area contributed by atoms with Gasteiger partial charge >= 0.3 is 0 Å². The first kappa shape index (κ1) is 13.2. The summed E-state index contributed by atoms with van der Waals surface area (Å²) in [6.07, 6.45) is 2.02. The molecule has 1 heterocycles. The van der Waals surface area contributed by atoms with Crippen LogP contribution in [0.15, 0.2) is 23.1 Å². The molecule has 0 spiro atoms. The Morgan fingerprint density at radius 2 is 1.94 bits per heavy atom. The van der Waals surface area contributed by atoms with Crippen LogP contribution < -0.4 is 10.6 Å². The van der Waals surface area contributed by atoms with Crippen LogP contribution in [-0.2, 0) is 0 Å². The fraction of sp³-hybridized carbons (Fsp3) is 0.462. The van der Waals surface area contributed by atoms with Crippen molar-refractivity contribution in [2.75, 3.05) is 44.4 Å². The Morgan fingerprint density at radius 1 is 1.28 bits per heavy atom. The minimum absolute atomic E-state index is 0.161. The van der Waals surface area contributed by atoms with Crippen molar-refractivity contribution in [3.05, 3.63) is 23.8 Å². The Kier molecular flexibility index (Phi) is 4.14. The monoisotopic (exact) mass is 264 g/mol. The van der Waals surface area contributed by atoms with Crippen LogP contribution in [0.2, 0.25) is 0 Å². The quantitative estimate of drug-likeness (QED) is 0.493. The van der Waals surface area contributed by atoms with E-state index in [1.165, 1.54) is 0 Å². The molecule has 0 aliphatic carbocycles. The molecule has 0 saturated carbocycles. The van der Waals surface area contributed by atoms with Crippen LogP contribution in [0, 0.1) is 5.41 Å². The van der Waals surface area contributed by atoms with Crippen LogP contribution in [0.4, 0.5) is 5.69 Å². The molecule has 0 radical (unpaired) electrons. The van der Waals surface area contributed by atoms with Gasteiger partial charge in [0.1, 0.15) is 5.84 Å². The molecule has 0 unspecified atom stereocenters. The van der Waals surface area contributed by atoms with Gasteiger partial charge in [-0.25, -0.2) is 0 Å². The van der Waals surface area contributed by atoms with E-state index in [9.17, 15) is 0 Å². The fourth-order valence-electron chi connectivity index (χ4n) is 2.27. The van der Waals surface area contributed by atoms with E-state index in [0.29, 0.717) is 0 Å². The summed E-state index contributed by atoms with van der Waals surface area (Å²) in [6, 6.07) is 6.15. The zero-order valence-electron chi connectivity index (χ0n) is 10.9. The maximum Gasteiger partial charge on any atom is 0.126 e. The lowest BCUT2D eigenvalue weighted by atomic mass is 10.1. The van der Waals surface area contributed by atoms with E-state index in [1.54, 1.807) is 11.8 Å². The minimum atomic E-state index is 0.161. The Balaban J connectivity index is 2.35. The highest BCUT2D eigenvalue weighted by molar-refractivity contribution is 7.98. The number of benzene rings is 1. The smallest absolute Gasteiger partial charge is 0.126 e. The molecular formula is C13H20N4S. The zero-order chi connectivity index (χ0) is 13.1. The summed E-state index contributed by atoms with van der Waals surface area (Å²) in [7, 11) is 2.14. The van der Waals surface area contributed by atoms with E-state index in [2.05, 4.69) is 22.9 Å². The van der Waals surface area contributed by atoms with E-state index in [0.717, 1.165) is 42.3 Å². The van der Waals surface area contributed by atoms with Crippen molar-refractivity contribution in [3.8, 4) is 0 Å². The molecule has 1 aliphatic rings. The van der Waals surface area contributed by atoms with Crippen LogP contribution in [0.5, 0.6) is 0 Å². The predicted molar refractivity (Wildman–Crippen MR) is 78.9 cm³/mol. The third kappa shape index (κ3) is 2.62. The van der Waals surface area contributed by atoms with Crippen molar-refractivity contribution in [3.63, 3.8) is 0 Å². The van der Waals surface area contributed by atoms with Crippen LogP contribution in [0.1, 0.15) is 5.56 Å². The molecule has 4 nitrogen and oxygen atoms in total. The van der Waals surface area contributed by atoms with Gasteiger partial charge in [0.05, 0.1) is 5.56 Å². The molecule has 0 bridgehead atoms. The second-order valence-electron chi connectivity index (χ2n) is 4.56. The van der Waals surface area contributed by atoms with E-state index in [4.69, 9.17) is 11.1 Å². The first-order valence-electron chi connectivity index (χ1n) is 6.08. The molecule has 3 N–H and O–H groups in total. The number of amidine groups is 1. The van der Waals surface area contributed by atoms with Gasteiger partial charge in [0.15, 0.2) is 0 Å². The van der Waals surface area contributed by atoms with E-state index in [-0.39, 0.29) is 5.84 Å². The van der Waals surface area contributed by atoms with Crippen LogP contribution >= 0.6 is 11.8 Å². The van der Waals surface area contributed by atoms with Gasteiger partial charge in [-0.05, 0) is 25.4 Å². The highest BCUT2D eigenvalue weighted by atomic mass is 32.2. The molecular weight excluding hydrogens is 244 g/mol. The second-order valence-corrected chi connectivity index (χ2v) is 5.41. The highest BCUT2D eigenvalue weighted by Crippen LogP contribution is 2.29. The first-order valence-corrected chi connectivity index (χ1v) is 7.31. The molecule has 1 aliphatic heterocycles. The second kappa shape index (κ2) is 5.63. The van der Waals surface area contributed by atoms with Gasteiger partial charge in [-0.2, -0.15) is 0 Å². The number of hydrogen-bond donors (Lipinski definition) is 2. The van der Waals surface area contributed by atoms with Crippen molar-refractivity contribution < 1.29 is 0 Å². The number of nitrogens with zero attached hydrogens (tertiary/aromatic N) is 2. The van der Waals surface area contributed by atoms with Gasteiger partial charge in [0.2, 0.25) is 0 Å². The minimum Gasteiger partial charge on any atom is -0.384 e. The van der Waals surface area contributed by atoms with E-state index >= 15 is 0 Å². The fourth-order valence-corrected chi connectivity index (χ4v) is 2.90. The summed E-state index contributed by atoms with van der Waals surface area (Å²) < 4.78 is 0. The first-order chi connectivity index (χ1) is 8.63. The van der Waals surface area contributed by atoms with Gasteiger partial charge in [-0.3, -0.25) is 5.41 Å². The lowest BCUT2D eigenvalue weighted by Crippen LogP contribution is -2.45. The molecule has 5 heteroatoms. The highest BCUT2D eigenvalue weighted by Gasteiger charge is 2.19. The van der Waals surface area contributed by atoms with Gasteiger partial charge in [-0.1, -0.05) is 6.07 Å². The topological polar surface area (TPSA) is 56.4 Å². The summed E-state index contributed by atoms with van der Waals surface area (Å²) >= 11 is 1.64. The molecule has 0 aromatic heterocycles. The number of nitrogens with one attached hydrogen (secondary N) is 1. The molecule has 0 atom stereocenters. The average molecular weight is 264 g/mol. The number of thioether (sulfide) groups is 1. The number of hydrogen-bond acceptors (Lipinski definition) is 4. The Bertz CT molecular complexity index is 439. The van der Waals surface area contributed by atoms with Crippen LogP contribution in [-0.4, -0.2) is 50.2 Å². The Morgan fingerprint density at radius 3 is 2.50 bits per heavy atom. The molecule has 1 saturated heterocycles. The molecule has 1 fully saturated rings. The van der Waals surface area contributed by atoms with E-state index < -0.39 is 0 Å². The number of piperazine rings is 1. The number of anilines is 1. The summed E-state index contributed by atoms with van der Waals surface area (Å²) in [5, 5.41) is 7.81. The standard InChI is InChI=1S/C13H20N4S/c1-16-6-8-17(9-7-16)10-4-3-5-11(18-2)12(10)13(14)15/h3-5H,6-9H2,1-2H3,(H3,14,15). The van der Waals surface area contributed by atoms with Crippen molar-refractivity contribution in [2.45, 2.75) is 4.90 Å². The van der Waals surface area contributed by atoms with Crippen molar-refractivity contribution in [1.82, 2.24) is 4.90 Å². The van der Waals surface area contributed by atoms with Crippen LogP contribution in [0.3, 0.4) is 0 Å². The summed E-state index contributed by atoms with van der Waals surface area (Å²) in [5.74, 6) is 0.161. The zero-order valence-corrected chi connectivity index (χ0v) is 11.8. The summed E-state index contributed by atoms with van der Waals surface area (Å²) in [4.78, 5) is 5.73. The normalized spacial score (nSPS) is 16.9. The third-order valence-corrected chi connectivity index (χ3v) is 4.12. The molecule has 18 heavy (non-hydrogen) atoms. The SMILES string of the molecule is CSc1cccc(N2CCN(C)CC2)c1C(=N)N. The van der Waals surface area contributed by atoms with E-state index in [1.807, 2.05) is 18.4 Å². The molecule has 1 aromatic rings. The summed E-state index contributed by atoms with van der Waals surface area (Å²) in [6.45, 7) is 4.10. The molecule has 98 valence electrons. The largest absolute Gasteiger partial charge is 0.384 e. The average Bonchev–Trinajstić information content (AvgIpc) is 2.38. The maximum atomic E-state index is 7.81. The van der Waals surface area contributed by atoms with Gasteiger partial charge in [-0.15, -0.1) is 11.8 Å². The third-order valence-electron chi connectivity index (χ3n) is 3.34. The Hall–Kier alpha value is -1.20. The lowest BCUT2D eigenvalue weighted by Gasteiger charge is -2.35. The van der Waals surface area contributed by atoms with Crippen molar-refractivity contribution in [2.24, 2.45) is 5.73 Å². The number of nitrogen functional groups attached to an aromatic ring is 1. The van der Waals surface area contributed by atoms with Gasteiger partial charge in [0, 0.05) is 36.8 Å². The van der Waals surface area contributed by atoms with Gasteiger partial charge in [0.25, 0.3) is 0 Å². The number of nitrogens with two attached hydrogens (primary N) is 1. The molecule has 1 aromatic carbocycles. The molecule has 2 rings (SSSR count). The van der Waals surface area contributed by atoms with Crippen LogP contribution in [0.25, 0.3) is 0 Å². The maximum absolute atomic E-state index is 7.81. The van der Waals surface area contributed by atoms with Crippen molar-refractivity contribution >= 4 is 23.3 Å². The molecule has 0 amide bonds.